The van der Waals surface area contributed by atoms with Crippen LogP contribution in [-0.2, 0) is 6.54 Å². The summed E-state index contributed by atoms with van der Waals surface area (Å²) in [6, 6.07) is 1.97. The highest BCUT2D eigenvalue weighted by atomic mass is 16.3. The molecule has 0 saturated heterocycles. The lowest BCUT2D eigenvalue weighted by Crippen LogP contribution is -2.14. The van der Waals surface area contributed by atoms with E-state index >= 15 is 0 Å². The first-order valence-corrected chi connectivity index (χ1v) is 5.19. The molecular weight excluding hydrogens is 178 g/mol. The number of hydrogen-bond donors (Lipinski definition) is 2. The quantitative estimate of drug-likeness (QED) is 0.656. The topological polar surface area (TPSA) is 45.4 Å². The maximum absolute atomic E-state index is 8.57. The van der Waals surface area contributed by atoms with Crippen molar-refractivity contribution in [2.75, 3.05) is 13.2 Å². The molecule has 0 fully saturated rings. The van der Waals surface area contributed by atoms with Gasteiger partial charge in [-0.3, -0.25) is 0 Å². The highest BCUT2D eigenvalue weighted by Crippen LogP contribution is 2.07. The second-order valence-electron chi connectivity index (χ2n) is 3.49. The van der Waals surface area contributed by atoms with Gasteiger partial charge >= 0.3 is 0 Å². The number of aliphatic hydroxyl groups excluding tert-OH is 1. The van der Waals surface area contributed by atoms with Crippen LogP contribution in [0.15, 0.2) is 16.7 Å². The number of aliphatic hydroxyl groups is 1. The molecule has 1 aromatic heterocycles. The molecule has 0 radical (unpaired) electrons. The van der Waals surface area contributed by atoms with Gasteiger partial charge in [-0.2, -0.15) is 0 Å². The van der Waals surface area contributed by atoms with Gasteiger partial charge in [0.15, 0.2) is 0 Å². The van der Waals surface area contributed by atoms with Crippen molar-refractivity contribution < 1.29 is 9.52 Å². The molecule has 0 spiro atoms. The molecule has 3 heteroatoms. The molecule has 0 saturated carbocycles. The Morgan fingerprint density at radius 1 is 1.36 bits per heavy atom. The average molecular weight is 197 g/mol. The molecule has 80 valence electrons. The minimum absolute atomic E-state index is 0.303. The van der Waals surface area contributed by atoms with E-state index in [-0.39, 0.29) is 0 Å². The summed E-state index contributed by atoms with van der Waals surface area (Å²) in [5.41, 5.74) is 1.20. The number of rotatable bonds is 7. The molecule has 0 aliphatic carbocycles. The zero-order chi connectivity index (χ0) is 10.2. The number of furan rings is 1. The van der Waals surface area contributed by atoms with Gasteiger partial charge in [0.25, 0.3) is 0 Å². The number of nitrogens with one attached hydrogen (secondary N) is 1. The molecule has 0 amide bonds. The Morgan fingerprint density at radius 3 is 2.86 bits per heavy atom. The van der Waals surface area contributed by atoms with Crippen LogP contribution in [0.2, 0.25) is 0 Å². The molecule has 1 aromatic rings. The summed E-state index contributed by atoms with van der Waals surface area (Å²) in [5.74, 6) is 1.02. The van der Waals surface area contributed by atoms with E-state index in [9.17, 15) is 0 Å². The van der Waals surface area contributed by atoms with Crippen LogP contribution in [0.5, 0.6) is 0 Å². The van der Waals surface area contributed by atoms with E-state index in [1.54, 1.807) is 6.26 Å². The molecule has 2 N–H and O–H groups in total. The van der Waals surface area contributed by atoms with Crippen LogP contribution in [-0.4, -0.2) is 18.3 Å². The van der Waals surface area contributed by atoms with Crippen LogP contribution in [0.3, 0.4) is 0 Å². The van der Waals surface area contributed by atoms with Gasteiger partial charge in [-0.25, -0.2) is 0 Å². The Bertz CT molecular complexity index is 245. The summed E-state index contributed by atoms with van der Waals surface area (Å²) in [5, 5.41) is 11.9. The molecule has 0 aliphatic heterocycles. The molecular formula is C11H19NO2. The third kappa shape index (κ3) is 3.94. The lowest BCUT2D eigenvalue weighted by Gasteiger charge is -2.02. The van der Waals surface area contributed by atoms with Crippen LogP contribution in [0.4, 0.5) is 0 Å². The predicted octanol–water partition coefficient (Wildman–Crippen LogP) is 1.84. The van der Waals surface area contributed by atoms with E-state index in [2.05, 4.69) is 5.32 Å². The Labute approximate surface area is 85.1 Å². The maximum Gasteiger partial charge on any atom is 0.120 e. The number of aryl methyl sites for hydroxylation is 1. The summed E-state index contributed by atoms with van der Waals surface area (Å²) in [6.07, 6.45) is 4.82. The van der Waals surface area contributed by atoms with E-state index in [4.69, 9.17) is 9.52 Å². The normalized spacial score (nSPS) is 10.7. The fourth-order valence-electron chi connectivity index (χ4n) is 1.33. The highest BCUT2D eigenvalue weighted by molar-refractivity contribution is 5.13. The number of unbranched alkanes of at least 4 members (excludes halogenated alkanes) is 2. The predicted molar refractivity (Wildman–Crippen MR) is 56.1 cm³/mol. The van der Waals surface area contributed by atoms with Gasteiger partial charge in [0.05, 0.1) is 12.8 Å². The van der Waals surface area contributed by atoms with Crippen LogP contribution in [0.25, 0.3) is 0 Å². The minimum atomic E-state index is 0.303. The summed E-state index contributed by atoms with van der Waals surface area (Å²) in [4.78, 5) is 0. The first-order chi connectivity index (χ1) is 6.84. The van der Waals surface area contributed by atoms with E-state index in [1.807, 2.05) is 13.0 Å². The van der Waals surface area contributed by atoms with Crippen LogP contribution in [0.1, 0.15) is 30.6 Å². The zero-order valence-corrected chi connectivity index (χ0v) is 8.75. The summed E-state index contributed by atoms with van der Waals surface area (Å²) in [7, 11) is 0. The largest absolute Gasteiger partial charge is 0.468 e. The lowest BCUT2D eigenvalue weighted by atomic mass is 10.2. The van der Waals surface area contributed by atoms with E-state index in [0.29, 0.717) is 6.61 Å². The molecule has 14 heavy (non-hydrogen) atoms. The summed E-state index contributed by atoms with van der Waals surface area (Å²) in [6.45, 7) is 4.14. The maximum atomic E-state index is 8.57. The van der Waals surface area contributed by atoms with Gasteiger partial charge in [0.2, 0.25) is 0 Å². The second-order valence-corrected chi connectivity index (χ2v) is 3.49. The average Bonchev–Trinajstić information content (AvgIpc) is 2.58. The van der Waals surface area contributed by atoms with E-state index in [0.717, 1.165) is 38.1 Å². The molecule has 0 unspecified atom stereocenters. The van der Waals surface area contributed by atoms with Crippen LogP contribution < -0.4 is 5.32 Å². The van der Waals surface area contributed by atoms with Gasteiger partial charge in [-0.05, 0) is 44.4 Å². The third-order valence-electron chi connectivity index (χ3n) is 2.27. The molecule has 0 bridgehead atoms. The SMILES string of the molecule is Cc1ccoc1CNCCCCCO. The Hall–Kier alpha value is -0.800. The van der Waals surface area contributed by atoms with Crippen molar-refractivity contribution in [3.63, 3.8) is 0 Å². The zero-order valence-electron chi connectivity index (χ0n) is 8.75. The van der Waals surface area contributed by atoms with Gasteiger partial charge in [0.1, 0.15) is 5.76 Å². The lowest BCUT2D eigenvalue weighted by molar-refractivity contribution is 0.282. The summed E-state index contributed by atoms with van der Waals surface area (Å²) < 4.78 is 5.29. The Morgan fingerprint density at radius 2 is 2.21 bits per heavy atom. The monoisotopic (exact) mass is 197 g/mol. The fourth-order valence-corrected chi connectivity index (χ4v) is 1.33. The molecule has 0 aromatic carbocycles. The Balaban J connectivity index is 2.02. The van der Waals surface area contributed by atoms with Crippen molar-refractivity contribution in [1.29, 1.82) is 0 Å². The van der Waals surface area contributed by atoms with Crippen molar-refractivity contribution in [3.8, 4) is 0 Å². The van der Waals surface area contributed by atoms with Crippen molar-refractivity contribution in [2.24, 2.45) is 0 Å². The first-order valence-electron chi connectivity index (χ1n) is 5.19. The van der Waals surface area contributed by atoms with Crippen molar-refractivity contribution >= 4 is 0 Å². The molecule has 3 nitrogen and oxygen atoms in total. The van der Waals surface area contributed by atoms with Gasteiger partial charge in [0, 0.05) is 6.61 Å². The second kappa shape index (κ2) is 6.62. The van der Waals surface area contributed by atoms with E-state index < -0.39 is 0 Å². The van der Waals surface area contributed by atoms with Crippen LogP contribution >= 0.6 is 0 Å². The van der Waals surface area contributed by atoms with Gasteiger partial charge in [-0.1, -0.05) is 0 Å². The molecule has 0 aliphatic rings. The third-order valence-corrected chi connectivity index (χ3v) is 2.27. The smallest absolute Gasteiger partial charge is 0.120 e. The molecule has 1 heterocycles. The summed E-state index contributed by atoms with van der Waals surface area (Å²) >= 11 is 0. The van der Waals surface area contributed by atoms with Gasteiger partial charge < -0.3 is 14.8 Å². The first kappa shape index (κ1) is 11.3. The Kier molecular flexibility index (Phi) is 5.33. The van der Waals surface area contributed by atoms with Crippen molar-refractivity contribution in [2.45, 2.75) is 32.7 Å². The fraction of sp³-hybridized carbons (Fsp3) is 0.636. The van der Waals surface area contributed by atoms with Crippen molar-refractivity contribution in [1.82, 2.24) is 5.32 Å². The van der Waals surface area contributed by atoms with Gasteiger partial charge in [-0.15, -0.1) is 0 Å². The minimum Gasteiger partial charge on any atom is -0.468 e. The van der Waals surface area contributed by atoms with E-state index in [1.165, 1.54) is 5.56 Å². The van der Waals surface area contributed by atoms with Crippen LogP contribution in [0, 0.1) is 6.92 Å². The van der Waals surface area contributed by atoms with Crippen molar-refractivity contribution in [3.05, 3.63) is 23.7 Å². The number of hydrogen-bond acceptors (Lipinski definition) is 3. The highest BCUT2D eigenvalue weighted by Gasteiger charge is 1.99. The molecule has 1 rings (SSSR count). The molecule has 0 atom stereocenters. The standard InChI is InChI=1S/C11H19NO2/c1-10-5-8-14-11(10)9-12-6-3-2-4-7-13/h5,8,12-13H,2-4,6-7,9H2,1H3.